The second-order valence-electron chi connectivity index (χ2n) is 4.58. The fourth-order valence-electron chi connectivity index (χ4n) is 1.92. The van der Waals surface area contributed by atoms with Crippen molar-refractivity contribution in [1.29, 1.82) is 0 Å². The van der Waals surface area contributed by atoms with Crippen LogP contribution in [0.5, 0.6) is 0 Å². The molecule has 1 aromatic heterocycles. The van der Waals surface area contributed by atoms with E-state index in [9.17, 15) is 0 Å². The topological polar surface area (TPSA) is 46.0 Å². The van der Waals surface area contributed by atoms with Gasteiger partial charge in [-0.05, 0) is 48.1 Å². The van der Waals surface area contributed by atoms with Crippen LogP contribution >= 0.6 is 47.0 Å². The molecule has 8 heteroatoms. The molecule has 0 bridgehead atoms. The predicted octanol–water partition coefficient (Wildman–Crippen LogP) is 5.45. The standard InChI is InChI=1S/C15H9Cl3N4S/c16-10-3-1-9(2-4-10)8-19-22-14(20-21-15(22)23)12-6-5-11(17)7-13(12)18/h1-8H,(H,21,23)/b19-8+. The minimum Gasteiger partial charge on any atom is -0.250 e. The van der Waals surface area contributed by atoms with Gasteiger partial charge in [-0.2, -0.15) is 14.9 Å². The zero-order valence-corrected chi connectivity index (χ0v) is 14.6. The second-order valence-corrected chi connectivity index (χ2v) is 6.25. The summed E-state index contributed by atoms with van der Waals surface area (Å²) in [7, 11) is 0. The van der Waals surface area contributed by atoms with Crippen molar-refractivity contribution in [3.63, 3.8) is 0 Å². The van der Waals surface area contributed by atoms with Crippen molar-refractivity contribution in [2.45, 2.75) is 0 Å². The van der Waals surface area contributed by atoms with Crippen molar-refractivity contribution >= 4 is 53.2 Å². The van der Waals surface area contributed by atoms with Crippen LogP contribution in [0.3, 0.4) is 0 Å². The average Bonchev–Trinajstić information content (AvgIpc) is 2.88. The van der Waals surface area contributed by atoms with Crippen LogP contribution < -0.4 is 0 Å². The molecular weight excluding hydrogens is 375 g/mol. The van der Waals surface area contributed by atoms with E-state index in [2.05, 4.69) is 15.3 Å². The Morgan fingerprint density at radius 2 is 1.74 bits per heavy atom. The van der Waals surface area contributed by atoms with Gasteiger partial charge >= 0.3 is 0 Å². The lowest BCUT2D eigenvalue weighted by Gasteiger charge is -2.04. The Hall–Kier alpha value is -1.66. The molecule has 1 N–H and O–H groups in total. The monoisotopic (exact) mass is 382 g/mol. The molecule has 3 rings (SSSR count). The Balaban J connectivity index is 2.02. The molecule has 0 spiro atoms. The molecule has 0 fully saturated rings. The van der Waals surface area contributed by atoms with Gasteiger partial charge in [0.1, 0.15) is 0 Å². The highest BCUT2D eigenvalue weighted by atomic mass is 35.5. The van der Waals surface area contributed by atoms with Gasteiger partial charge in [-0.15, -0.1) is 0 Å². The van der Waals surface area contributed by atoms with E-state index in [0.29, 0.717) is 31.2 Å². The predicted molar refractivity (Wildman–Crippen MR) is 97.3 cm³/mol. The number of nitrogens with one attached hydrogen (secondary N) is 1. The van der Waals surface area contributed by atoms with Crippen LogP contribution in [-0.2, 0) is 0 Å². The van der Waals surface area contributed by atoms with E-state index in [0.717, 1.165) is 5.56 Å². The molecule has 0 radical (unpaired) electrons. The molecule has 116 valence electrons. The minimum absolute atomic E-state index is 0.358. The first-order valence-corrected chi connectivity index (χ1v) is 8.01. The summed E-state index contributed by atoms with van der Waals surface area (Å²) >= 11 is 23.2. The number of hydrogen-bond donors (Lipinski definition) is 1. The SMILES string of the molecule is S=c1[nH]nc(-c2ccc(Cl)cc2Cl)n1/N=C/c1ccc(Cl)cc1. The van der Waals surface area contributed by atoms with Gasteiger partial charge in [0.15, 0.2) is 5.82 Å². The molecular formula is C15H9Cl3N4S. The van der Waals surface area contributed by atoms with Crippen LogP contribution in [-0.4, -0.2) is 21.1 Å². The third kappa shape index (κ3) is 3.64. The highest BCUT2D eigenvalue weighted by molar-refractivity contribution is 7.71. The molecule has 0 saturated heterocycles. The Bertz CT molecular complexity index is 929. The van der Waals surface area contributed by atoms with E-state index < -0.39 is 0 Å². The smallest absolute Gasteiger partial charge is 0.216 e. The maximum atomic E-state index is 6.23. The molecule has 1 heterocycles. The molecule has 3 aromatic rings. The van der Waals surface area contributed by atoms with E-state index in [4.69, 9.17) is 47.0 Å². The third-order valence-electron chi connectivity index (χ3n) is 3.01. The summed E-state index contributed by atoms with van der Waals surface area (Å²) in [5, 5.41) is 12.9. The molecule has 0 amide bonds. The summed E-state index contributed by atoms with van der Waals surface area (Å²) in [6.07, 6.45) is 1.66. The second kappa shape index (κ2) is 6.84. The maximum Gasteiger partial charge on any atom is 0.216 e. The number of H-pyrrole nitrogens is 1. The van der Waals surface area contributed by atoms with Crippen LogP contribution in [0.25, 0.3) is 11.4 Å². The third-order valence-corrected chi connectivity index (χ3v) is 4.08. The van der Waals surface area contributed by atoms with Crippen molar-refractivity contribution in [1.82, 2.24) is 14.9 Å². The van der Waals surface area contributed by atoms with E-state index in [1.54, 1.807) is 36.5 Å². The first kappa shape index (κ1) is 16.2. The molecule has 4 nitrogen and oxygen atoms in total. The lowest BCUT2D eigenvalue weighted by Crippen LogP contribution is -1.95. The van der Waals surface area contributed by atoms with Gasteiger partial charge in [-0.3, -0.25) is 0 Å². The molecule has 0 aliphatic carbocycles. The highest BCUT2D eigenvalue weighted by Crippen LogP contribution is 2.29. The van der Waals surface area contributed by atoms with Gasteiger partial charge in [0.2, 0.25) is 4.77 Å². The zero-order chi connectivity index (χ0) is 16.4. The largest absolute Gasteiger partial charge is 0.250 e. The summed E-state index contributed by atoms with van der Waals surface area (Å²) in [4.78, 5) is 0. The first-order chi connectivity index (χ1) is 11.0. The highest BCUT2D eigenvalue weighted by Gasteiger charge is 2.12. The lowest BCUT2D eigenvalue weighted by molar-refractivity contribution is 0.871. The number of benzene rings is 2. The molecule has 23 heavy (non-hydrogen) atoms. The average molecular weight is 384 g/mol. The van der Waals surface area contributed by atoms with Crippen molar-refractivity contribution in [3.05, 3.63) is 67.9 Å². The Kier molecular flexibility index (Phi) is 4.82. The van der Waals surface area contributed by atoms with Crippen LogP contribution in [0.2, 0.25) is 15.1 Å². The summed E-state index contributed by atoms with van der Waals surface area (Å²) in [5.41, 5.74) is 1.56. The number of halogens is 3. The van der Waals surface area contributed by atoms with Gasteiger partial charge in [-0.25, -0.2) is 5.10 Å². The first-order valence-electron chi connectivity index (χ1n) is 6.47. The Morgan fingerprint density at radius 3 is 2.43 bits per heavy atom. The van der Waals surface area contributed by atoms with Crippen LogP contribution in [0.4, 0.5) is 0 Å². The van der Waals surface area contributed by atoms with E-state index in [1.807, 2.05) is 12.1 Å². The van der Waals surface area contributed by atoms with Crippen molar-refractivity contribution in [2.75, 3.05) is 0 Å². The van der Waals surface area contributed by atoms with Crippen molar-refractivity contribution < 1.29 is 0 Å². The zero-order valence-electron chi connectivity index (χ0n) is 11.5. The molecule has 0 atom stereocenters. The van der Waals surface area contributed by atoms with Crippen LogP contribution in [0, 0.1) is 4.77 Å². The number of nitrogens with zero attached hydrogens (tertiary/aromatic N) is 3. The quantitative estimate of drug-likeness (QED) is 0.483. The number of aromatic amines is 1. The van der Waals surface area contributed by atoms with E-state index in [-0.39, 0.29) is 0 Å². The van der Waals surface area contributed by atoms with Crippen molar-refractivity contribution in [2.24, 2.45) is 5.10 Å². The summed E-state index contributed by atoms with van der Waals surface area (Å²) in [5.74, 6) is 0.502. The van der Waals surface area contributed by atoms with Gasteiger partial charge < -0.3 is 0 Å². The molecule has 0 aliphatic heterocycles. The fourth-order valence-corrected chi connectivity index (χ4v) is 2.72. The van der Waals surface area contributed by atoms with Gasteiger partial charge in [0.05, 0.1) is 11.2 Å². The van der Waals surface area contributed by atoms with E-state index >= 15 is 0 Å². The van der Waals surface area contributed by atoms with Crippen LogP contribution in [0.1, 0.15) is 5.56 Å². The summed E-state index contributed by atoms with van der Waals surface area (Å²) in [6, 6.07) is 12.4. The molecule has 0 unspecified atom stereocenters. The van der Waals surface area contributed by atoms with E-state index in [1.165, 1.54) is 4.68 Å². The molecule has 0 saturated carbocycles. The molecule has 2 aromatic carbocycles. The minimum atomic E-state index is 0.358. The summed E-state index contributed by atoms with van der Waals surface area (Å²) < 4.78 is 1.86. The number of aromatic nitrogens is 3. The van der Waals surface area contributed by atoms with Gasteiger partial charge in [0.25, 0.3) is 0 Å². The number of hydrogen-bond acceptors (Lipinski definition) is 3. The van der Waals surface area contributed by atoms with Crippen molar-refractivity contribution in [3.8, 4) is 11.4 Å². The normalized spacial score (nSPS) is 11.3. The van der Waals surface area contributed by atoms with Crippen LogP contribution in [0.15, 0.2) is 47.6 Å². The molecule has 0 aliphatic rings. The van der Waals surface area contributed by atoms with Gasteiger partial charge in [-0.1, -0.05) is 46.9 Å². The lowest BCUT2D eigenvalue weighted by atomic mass is 10.2. The van der Waals surface area contributed by atoms with Gasteiger partial charge in [0, 0.05) is 15.6 Å². The summed E-state index contributed by atoms with van der Waals surface area (Å²) in [6.45, 7) is 0. The number of rotatable bonds is 3. The fraction of sp³-hybridized carbons (Fsp3) is 0. The maximum absolute atomic E-state index is 6.23. The Morgan fingerprint density at radius 1 is 1.04 bits per heavy atom. The Labute approximate surface area is 152 Å².